The Hall–Kier alpha value is -1.36. The lowest BCUT2D eigenvalue weighted by atomic mass is 9.47. The molecule has 2 bridgehead atoms. The fourth-order valence-electron chi connectivity index (χ4n) is 5.31. The van der Waals surface area contributed by atoms with Gasteiger partial charge in [-0.1, -0.05) is 20.4 Å². The first kappa shape index (κ1) is 17.5. The van der Waals surface area contributed by atoms with E-state index in [-0.39, 0.29) is 41.7 Å². The summed E-state index contributed by atoms with van der Waals surface area (Å²) in [4.78, 5) is 24.6. The number of rotatable bonds is 4. The van der Waals surface area contributed by atoms with Crippen molar-refractivity contribution in [2.75, 3.05) is 13.7 Å². The predicted octanol–water partition coefficient (Wildman–Crippen LogP) is 2.59. The maximum atomic E-state index is 12.3. The molecule has 0 radical (unpaired) electrons. The molecule has 0 N–H and O–H groups in total. The highest BCUT2D eigenvalue weighted by atomic mass is 16.6. The van der Waals surface area contributed by atoms with Gasteiger partial charge in [-0.3, -0.25) is 4.79 Å². The molecule has 134 valence electrons. The van der Waals surface area contributed by atoms with E-state index in [1.165, 1.54) is 0 Å². The van der Waals surface area contributed by atoms with Crippen LogP contribution in [0.4, 0.5) is 0 Å². The van der Waals surface area contributed by atoms with Crippen LogP contribution < -0.4 is 0 Å². The standard InChI is InChI=1S/C19H28O5/c1-9(2)11-7-13-15-12(8-23-18(15)21)14(11)16(19(13,5)22-6)24-17(20)10(3)4/h9,11-16H,3,7-8H2,1-2,4-6H3. The Bertz CT molecular complexity index is 568. The van der Waals surface area contributed by atoms with Crippen LogP contribution in [0.25, 0.3) is 0 Å². The van der Waals surface area contributed by atoms with Gasteiger partial charge in [0, 0.05) is 30.4 Å². The molecule has 0 aromatic carbocycles. The van der Waals surface area contributed by atoms with Crippen LogP contribution >= 0.6 is 0 Å². The van der Waals surface area contributed by atoms with Gasteiger partial charge in [0.1, 0.15) is 11.7 Å². The van der Waals surface area contributed by atoms with Crippen LogP contribution in [0, 0.1) is 35.5 Å². The molecule has 1 heterocycles. The first-order valence-corrected chi connectivity index (χ1v) is 8.80. The number of carbonyl (C=O) groups excluding carboxylic acids is 2. The van der Waals surface area contributed by atoms with Crippen molar-refractivity contribution in [1.82, 2.24) is 0 Å². The Labute approximate surface area is 143 Å². The highest BCUT2D eigenvalue weighted by Crippen LogP contribution is 2.61. The molecule has 4 fully saturated rings. The third-order valence-corrected chi connectivity index (χ3v) is 6.63. The number of methoxy groups -OCH3 is 1. The minimum Gasteiger partial charge on any atom is -0.465 e. The molecule has 5 heteroatoms. The predicted molar refractivity (Wildman–Crippen MR) is 88.0 cm³/mol. The molecule has 0 aromatic rings. The summed E-state index contributed by atoms with van der Waals surface area (Å²) < 4.78 is 17.2. The molecule has 3 saturated carbocycles. The number of cyclic esters (lactones) is 1. The second-order valence-electron chi connectivity index (χ2n) is 8.14. The highest BCUT2D eigenvalue weighted by molar-refractivity contribution is 5.87. The molecule has 0 amide bonds. The van der Waals surface area contributed by atoms with Gasteiger partial charge in [0.25, 0.3) is 0 Å². The summed E-state index contributed by atoms with van der Waals surface area (Å²) in [7, 11) is 1.64. The van der Waals surface area contributed by atoms with Crippen LogP contribution in [-0.2, 0) is 23.8 Å². The average Bonchev–Trinajstić information content (AvgIpc) is 2.92. The van der Waals surface area contributed by atoms with Crippen molar-refractivity contribution < 1.29 is 23.8 Å². The number of hydrogen-bond donors (Lipinski definition) is 0. The Morgan fingerprint density at radius 1 is 1.42 bits per heavy atom. The second-order valence-corrected chi connectivity index (χ2v) is 8.14. The van der Waals surface area contributed by atoms with Crippen molar-refractivity contribution in [2.45, 2.75) is 45.8 Å². The average molecular weight is 336 g/mol. The van der Waals surface area contributed by atoms with Gasteiger partial charge in [-0.2, -0.15) is 0 Å². The normalized spacial score (nSPS) is 43.5. The van der Waals surface area contributed by atoms with Crippen molar-refractivity contribution in [1.29, 1.82) is 0 Å². The number of fused-ring (bicyclic) bond motifs is 2. The van der Waals surface area contributed by atoms with E-state index >= 15 is 0 Å². The molecule has 5 nitrogen and oxygen atoms in total. The zero-order chi connectivity index (χ0) is 17.8. The first-order chi connectivity index (χ1) is 11.2. The van der Waals surface area contributed by atoms with E-state index in [1.807, 2.05) is 6.92 Å². The van der Waals surface area contributed by atoms with Crippen LogP contribution in [0.5, 0.6) is 0 Å². The fourth-order valence-corrected chi connectivity index (χ4v) is 5.31. The molecule has 7 atom stereocenters. The topological polar surface area (TPSA) is 61.8 Å². The zero-order valence-corrected chi connectivity index (χ0v) is 15.2. The summed E-state index contributed by atoms with van der Waals surface area (Å²) in [5.41, 5.74) is -0.294. The highest BCUT2D eigenvalue weighted by Gasteiger charge is 2.69. The SMILES string of the molecule is C=C(C)C(=O)OC1C2C(C(C)C)CC(C3C(=O)OCC32)C1(C)OC. The number of ether oxygens (including phenoxy) is 3. The van der Waals surface area contributed by atoms with Crippen LogP contribution in [0.15, 0.2) is 12.2 Å². The van der Waals surface area contributed by atoms with E-state index in [1.54, 1.807) is 14.0 Å². The van der Waals surface area contributed by atoms with Crippen molar-refractivity contribution >= 4 is 11.9 Å². The molecule has 7 unspecified atom stereocenters. The lowest BCUT2D eigenvalue weighted by Gasteiger charge is -2.61. The molecular weight excluding hydrogens is 308 g/mol. The summed E-state index contributed by atoms with van der Waals surface area (Å²) in [6.45, 7) is 12.1. The van der Waals surface area contributed by atoms with Crippen molar-refractivity contribution in [3.8, 4) is 0 Å². The largest absolute Gasteiger partial charge is 0.465 e. The molecular formula is C19H28O5. The Morgan fingerprint density at radius 2 is 2.08 bits per heavy atom. The lowest BCUT2D eigenvalue weighted by Crippen LogP contribution is -2.68. The lowest BCUT2D eigenvalue weighted by molar-refractivity contribution is -0.251. The Balaban J connectivity index is 2.04. The molecule has 4 aliphatic rings. The van der Waals surface area contributed by atoms with Crippen molar-refractivity contribution in [2.24, 2.45) is 35.5 Å². The minimum atomic E-state index is -0.675. The summed E-state index contributed by atoms with van der Waals surface area (Å²) in [5.74, 6) is 0.357. The molecule has 3 aliphatic carbocycles. The molecule has 4 rings (SSSR count). The Morgan fingerprint density at radius 3 is 2.62 bits per heavy atom. The summed E-state index contributed by atoms with van der Waals surface area (Å²) in [6.07, 6.45) is 0.526. The van der Waals surface area contributed by atoms with E-state index in [4.69, 9.17) is 14.2 Å². The Kier molecular flexibility index (Phi) is 4.27. The molecule has 24 heavy (non-hydrogen) atoms. The van der Waals surface area contributed by atoms with Gasteiger partial charge in [-0.05, 0) is 32.1 Å². The smallest absolute Gasteiger partial charge is 0.333 e. The van der Waals surface area contributed by atoms with Gasteiger partial charge >= 0.3 is 11.9 Å². The number of hydrogen-bond acceptors (Lipinski definition) is 5. The van der Waals surface area contributed by atoms with E-state index in [0.717, 1.165) is 6.42 Å². The van der Waals surface area contributed by atoms with E-state index < -0.39 is 5.60 Å². The van der Waals surface area contributed by atoms with E-state index in [2.05, 4.69) is 20.4 Å². The number of carbonyl (C=O) groups is 2. The van der Waals surface area contributed by atoms with Gasteiger partial charge in [0.2, 0.25) is 0 Å². The van der Waals surface area contributed by atoms with Gasteiger partial charge in [-0.25, -0.2) is 4.79 Å². The molecule has 1 aliphatic heterocycles. The maximum Gasteiger partial charge on any atom is 0.333 e. The fraction of sp³-hybridized carbons (Fsp3) is 0.789. The molecule has 0 spiro atoms. The van der Waals surface area contributed by atoms with E-state index in [0.29, 0.717) is 24.0 Å². The van der Waals surface area contributed by atoms with Crippen LogP contribution in [-0.4, -0.2) is 37.4 Å². The van der Waals surface area contributed by atoms with E-state index in [9.17, 15) is 9.59 Å². The monoisotopic (exact) mass is 336 g/mol. The van der Waals surface area contributed by atoms with Crippen LogP contribution in [0.1, 0.15) is 34.1 Å². The summed E-state index contributed by atoms with van der Waals surface area (Å²) >= 11 is 0. The van der Waals surface area contributed by atoms with Gasteiger partial charge in [0.15, 0.2) is 0 Å². The van der Waals surface area contributed by atoms with Crippen LogP contribution in [0.2, 0.25) is 0 Å². The van der Waals surface area contributed by atoms with Gasteiger partial charge < -0.3 is 14.2 Å². The molecule has 1 saturated heterocycles. The third kappa shape index (κ3) is 2.32. The summed E-state index contributed by atoms with van der Waals surface area (Å²) in [6, 6.07) is 0. The maximum absolute atomic E-state index is 12.3. The minimum absolute atomic E-state index is 0.00261. The second kappa shape index (κ2) is 5.87. The van der Waals surface area contributed by atoms with Crippen LogP contribution in [0.3, 0.4) is 0 Å². The van der Waals surface area contributed by atoms with Gasteiger partial charge in [-0.15, -0.1) is 0 Å². The molecule has 0 aromatic heterocycles. The van der Waals surface area contributed by atoms with Gasteiger partial charge in [0.05, 0.1) is 12.5 Å². The van der Waals surface area contributed by atoms with Crippen molar-refractivity contribution in [3.63, 3.8) is 0 Å². The summed E-state index contributed by atoms with van der Waals surface area (Å²) in [5, 5.41) is 0. The zero-order valence-electron chi connectivity index (χ0n) is 15.2. The first-order valence-electron chi connectivity index (χ1n) is 8.80. The quantitative estimate of drug-likeness (QED) is 0.583. The van der Waals surface area contributed by atoms with Crippen molar-refractivity contribution in [3.05, 3.63) is 12.2 Å². The number of esters is 2. The third-order valence-electron chi connectivity index (χ3n) is 6.63.